The zero-order valence-electron chi connectivity index (χ0n) is 28.4. The van der Waals surface area contributed by atoms with Gasteiger partial charge in [0.05, 0.1) is 11.2 Å². The summed E-state index contributed by atoms with van der Waals surface area (Å²) in [4.78, 5) is 4.81. The molecular weight excluding hydrogens is 784 g/mol. The molecule has 49 heavy (non-hydrogen) atoms. The molecular formula is C43H36N4OPt. The molecule has 0 aliphatic rings. The van der Waals surface area contributed by atoms with Crippen molar-refractivity contribution < 1.29 is 25.8 Å². The summed E-state index contributed by atoms with van der Waals surface area (Å²) in [7, 11) is 0. The molecule has 0 radical (unpaired) electrons. The first-order valence-electron chi connectivity index (χ1n) is 16.3. The molecule has 244 valence electrons. The van der Waals surface area contributed by atoms with Crippen LogP contribution in [0.3, 0.4) is 0 Å². The molecule has 0 N–H and O–H groups in total. The van der Waals surface area contributed by atoms with E-state index in [2.05, 4.69) is 131 Å². The second-order valence-corrected chi connectivity index (χ2v) is 13.6. The van der Waals surface area contributed by atoms with Gasteiger partial charge in [0.25, 0.3) is 0 Å². The normalized spacial score (nSPS) is 11.7. The van der Waals surface area contributed by atoms with Crippen LogP contribution in [0.15, 0.2) is 109 Å². The molecule has 0 atom stereocenters. The minimum absolute atomic E-state index is 0. The smallest absolute Gasteiger partial charge is 0.509 e. The Hall–Kier alpha value is -4.99. The van der Waals surface area contributed by atoms with Crippen LogP contribution in [-0.4, -0.2) is 19.3 Å². The SMILES string of the molecule is Cc1cc(C)c(-c2c3ccccc3nn2-c2[c-]c(Oc3[c-]c4c(cc3)c3ccccc3n4-c3cc(C(C)(C)C)ccn3)ccc2)c(C)c1.[Pt+2]. The van der Waals surface area contributed by atoms with Gasteiger partial charge in [-0.25, -0.2) is 4.98 Å². The first-order valence-corrected chi connectivity index (χ1v) is 16.3. The van der Waals surface area contributed by atoms with Gasteiger partial charge in [-0.2, -0.15) is 17.2 Å². The topological polar surface area (TPSA) is 44.9 Å². The Kier molecular flexibility index (Phi) is 8.29. The van der Waals surface area contributed by atoms with Crippen LogP contribution in [0.4, 0.5) is 0 Å². The third kappa shape index (κ3) is 5.76. The largest absolute Gasteiger partial charge is 2.00 e. The van der Waals surface area contributed by atoms with Gasteiger partial charge in [-0.1, -0.05) is 80.4 Å². The zero-order valence-corrected chi connectivity index (χ0v) is 30.7. The molecule has 0 fully saturated rings. The molecule has 8 aromatic rings. The Morgan fingerprint density at radius 2 is 1.41 bits per heavy atom. The number of benzene rings is 5. The minimum atomic E-state index is -0.00752. The van der Waals surface area contributed by atoms with Crippen molar-refractivity contribution in [2.45, 2.75) is 47.0 Å². The van der Waals surface area contributed by atoms with Gasteiger partial charge in [-0.15, -0.1) is 35.7 Å². The number of rotatable bonds is 5. The van der Waals surface area contributed by atoms with Gasteiger partial charge >= 0.3 is 21.1 Å². The van der Waals surface area contributed by atoms with Crippen molar-refractivity contribution >= 4 is 32.7 Å². The van der Waals surface area contributed by atoms with Crippen molar-refractivity contribution in [1.82, 2.24) is 19.3 Å². The van der Waals surface area contributed by atoms with Gasteiger partial charge in [-0.05, 0) is 78.2 Å². The number of fused-ring (bicyclic) bond motifs is 4. The van der Waals surface area contributed by atoms with Crippen molar-refractivity contribution in [3.63, 3.8) is 0 Å². The van der Waals surface area contributed by atoms with Gasteiger partial charge in [0.15, 0.2) is 0 Å². The number of aryl methyl sites for hydroxylation is 3. The van der Waals surface area contributed by atoms with Crippen LogP contribution >= 0.6 is 0 Å². The Labute approximate surface area is 301 Å². The average Bonchev–Trinajstić information content (AvgIpc) is 3.60. The van der Waals surface area contributed by atoms with Gasteiger partial charge in [0, 0.05) is 34.2 Å². The summed E-state index contributed by atoms with van der Waals surface area (Å²) in [5.41, 5.74) is 10.9. The molecule has 3 aromatic heterocycles. The van der Waals surface area contributed by atoms with E-state index in [1.165, 1.54) is 27.8 Å². The molecule has 0 bridgehead atoms. The molecule has 0 saturated heterocycles. The predicted molar refractivity (Wildman–Crippen MR) is 196 cm³/mol. The van der Waals surface area contributed by atoms with Gasteiger partial charge < -0.3 is 9.30 Å². The number of hydrogen-bond acceptors (Lipinski definition) is 3. The zero-order chi connectivity index (χ0) is 33.2. The summed E-state index contributed by atoms with van der Waals surface area (Å²) in [6, 6.07) is 42.6. The van der Waals surface area contributed by atoms with Crippen molar-refractivity contribution in [1.29, 1.82) is 0 Å². The van der Waals surface area contributed by atoms with E-state index in [4.69, 9.17) is 14.8 Å². The number of ether oxygens (including phenoxy) is 1. The average molecular weight is 820 g/mol. The molecule has 3 heterocycles. The van der Waals surface area contributed by atoms with E-state index in [0.717, 1.165) is 49.9 Å². The van der Waals surface area contributed by atoms with Crippen LogP contribution < -0.4 is 4.74 Å². The van der Waals surface area contributed by atoms with E-state index < -0.39 is 0 Å². The number of nitrogens with zero attached hydrogens (tertiary/aromatic N) is 4. The third-order valence-electron chi connectivity index (χ3n) is 9.09. The van der Waals surface area contributed by atoms with Crippen LogP contribution in [0.25, 0.3) is 55.5 Å². The fourth-order valence-electron chi connectivity index (χ4n) is 6.92. The van der Waals surface area contributed by atoms with E-state index in [9.17, 15) is 0 Å². The van der Waals surface area contributed by atoms with E-state index in [0.29, 0.717) is 11.5 Å². The summed E-state index contributed by atoms with van der Waals surface area (Å²) >= 11 is 0. The predicted octanol–water partition coefficient (Wildman–Crippen LogP) is 10.8. The molecule has 0 spiro atoms. The maximum absolute atomic E-state index is 6.51. The molecule has 8 rings (SSSR count). The fraction of sp³-hybridized carbons (Fsp3) is 0.163. The number of pyridine rings is 1. The molecule has 6 heteroatoms. The number of para-hydroxylation sites is 1. The molecule has 0 amide bonds. The standard InChI is InChI=1S/C43H36N4O.Pt/c1-27-22-28(2)41(29(3)23-27)42-36-15-7-9-16-37(36)45-47(42)31-12-11-13-32(25-31)48-33-18-19-35-34-14-8-10-17-38(34)46(39(35)26-33)40-24-30(20-21-44-40)43(4,5)6;/h7-24H,1-6H3;/q-2;+2. The summed E-state index contributed by atoms with van der Waals surface area (Å²) in [5, 5.41) is 8.40. The summed E-state index contributed by atoms with van der Waals surface area (Å²) < 4.78 is 10.7. The number of hydrogen-bond donors (Lipinski definition) is 0. The Bertz CT molecular complexity index is 2490. The van der Waals surface area contributed by atoms with Crippen LogP contribution in [0.5, 0.6) is 11.5 Å². The van der Waals surface area contributed by atoms with E-state index in [-0.39, 0.29) is 26.5 Å². The molecule has 0 aliphatic carbocycles. The first-order chi connectivity index (χ1) is 23.2. The van der Waals surface area contributed by atoms with Crippen molar-refractivity contribution in [2.24, 2.45) is 0 Å². The second kappa shape index (κ2) is 12.5. The Balaban J connectivity index is 0.00000378. The molecule has 0 unspecified atom stereocenters. The van der Waals surface area contributed by atoms with Crippen molar-refractivity contribution in [3.8, 4) is 34.3 Å². The molecule has 0 saturated carbocycles. The van der Waals surface area contributed by atoms with Crippen molar-refractivity contribution in [3.05, 3.63) is 144 Å². The summed E-state index contributed by atoms with van der Waals surface area (Å²) in [6.07, 6.45) is 1.89. The van der Waals surface area contributed by atoms with E-state index in [1.54, 1.807) is 0 Å². The monoisotopic (exact) mass is 819 g/mol. The maximum atomic E-state index is 6.51. The Morgan fingerprint density at radius 3 is 2.18 bits per heavy atom. The number of aromatic nitrogens is 4. The quantitative estimate of drug-likeness (QED) is 0.163. The second-order valence-electron chi connectivity index (χ2n) is 13.6. The minimum Gasteiger partial charge on any atom is -0.509 e. The summed E-state index contributed by atoms with van der Waals surface area (Å²) in [5.74, 6) is 2.04. The van der Waals surface area contributed by atoms with Crippen molar-refractivity contribution in [2.75, 3.05) is 0 Å². The maximum Gasteiger partial charge on any atom is 2.00 e. The van der Waals surface area contributed by atoms with Gasteiger partial charge in [-0.3, -0.25) is 4.68 Å². The summed E-state index contributed by atoms with van der Waals surface area (Å²) in [6.45, 7) is 13.1. The van der Waals surface area contributed by atoms with Crippen LogP contribution in [-0.2, 0) is 26.5 Å². The van der Waals surface area contributed by atoms with Crippen LogP contribution in [0.1, 0.15) is 43.0 Å². The first kappa shape index (κ1) is 32.6. The fourth-order valence-corrected chi connectivity index (χ4v) is 6.92. The van der Waals surface area contributed by atoms with Crippen LogP contribution in [0.2, 0.25) is 0 Å². The van der Waals surface area contributed by atoms with Crippen LogP contribution in [0, 0.1) is 32.9 Å². The van der Waals surface area contributed by atoms with E-state index >= 15 is 0 Å². The molecule has 5 nitrogen and oxygen atoms in total. The Morgan fingerprint density at radius 1 is 0.694 bits per heavy atom. The van der Waals surface area contributed by atoms with Gasteiger partial charge in [0.1, 0.15) is 5.82 Å². The van der Waals surface area contributed by atoms with E-state index in [1.807, 2.05) is 41.2 Å². The molecule has 5 aromatic carbocycles. The third-order valence-corrected chi connectivity index (χ3v) is 9.09. The molecule has 0 aliphatic heterocycles. The van der Waals surface area contributed by atoms with Gasteiger partial charge in [0.2, 0.25) is 0 Å².